The van der Waals surface area contributed by atoms with Crippen molar-refractivity contribution in [2.24, 2.45) is 0 Å². The summed E-state index contributed by atoms with van der Waals surface area (Å²) in [4.78, 5) is 35.4. The minimum absolute atomic E-state index is 0.0503. The molecule has 0 spiro atoms. The average molecular weight is 430 g/mol. The summed E-state index contributed by atoms with van der Waals surface area (Å²) >= 11 is 0. The lowest BCUT2D eigenvalue weighted by atomic mass is 10.2. The summed E-state index contributed by atoms with van der Waals surface area (Å²) in [7, 11) is -3.07. The Morgan fingerprint density at radius 3 is 1.90 bits per heavy atom. The second-order valence-corrected chi connectivity index (χ2v) is 9.22. The molecule has 0 saturated carbocycles. The number of urea groups is 1. The Hall–Kier alpha value is -3.40. The van der Waals surface area contributed by atoms with Crippen molar-refractivity contribution < 1.29 is 22.8 Å². The van der Waals surface area contributed by atoms with Crippen molar-refractivity contribution in [3.8, 4) is 0 Å². The standard InChI is InChI=1S/C20H22N4O5S/c1-13(25)21-15-6-8-16(9-7-15)22-19(26)14-2-4-17(5-3-14)23-20(27)24-18-10-11-30(28,29)12-18/h2-9,18H,10-12H2,1H3,(H,21,25)(H,22,26)(H2,23,24,27)/t18-/m1/s1. The topological polar surface area (TPSA) is 133 Å². The molecular formula is C20H22N4O5S. The lowest BCUT2D eigenvalue weighted by molar-refractivity contribution is -0.114. The van der Waals surface area contributed by atoms with E-state index >= 15 is 0 Å². The monoisotopic (exact) mass is 430 g/mol. The molecule has 2 aromatic carbocycles. The number of sulfone groups is 1. The van der Waals surface area contributed by atoms with Crippen molar-refractivity contribution in [3.05, 3.63) is 54.1 Å². The molecule has 1 aliphatic rings. The van der Waals surface area contributed by atoms with Gasteiger partial charge in [0, 0.05) is 35.6 Å². The highest BCUT2D eigenvalue weighted by Gasteiger charge is 2.28. The number of benzene rings is 2. The summed E-state index contributed by atoms with van der Waals surface area (Å²) in [6.07, 6.45) is 0.403. The van der Waals surface area contributed by atoms with Crippen LogP contribution >= 0.6 is 0 Å². The van der Waals surface area contributed by atoms with Crippen LogP contribution in [-0.2, 0) is 14.6 Å². The van der Waals surface area contributed by atoms with Gasteiger partial charge in [-0.1, -0.05) is 0 Å². The van der Waals surface area contributed by atoms with E-state index in [0.717, 1.165) is 0 Å². The second-order valence-electron chi connectivity index (χ2n) is 6.99. The largest absolute Gasteiger partial charge is 0.334 e. The van der Waals surface area contributed by atoms with Crippen molar-refractivity contribution >= 4 is 44.7 Å². The molecule has 1 saturated heterocycles. The number of rotatable bonds is 5. The van der Waals surface area contributed by atoms with Gasteiger partial charge < -0.3 is 21.3 Å². The van der Waals surface area contributed by atoms with E-state index < -0.39 is 21.9 Å². The number of amides is 4. The minimum atomic E-state index is -3.07. The zero-order valence-electron chi connectivity index (χ0n) is 16.3. The van der Waals surface area contributed by atoms with Crippen molar-refractivity contribution in [3.63, 3.8) is 0 Å². The molecule has 10 heteroatoms. The summed E-state index contributed by atoms with van der Waals surface area (Å²) in [5, 5.41) is 10.6. The molecule has 0 aliphatic carbocycles. The predicted molar refractivity (Wildman–Crippen MR) is 114 cm³/mol. The zero-order chi connectivity index (χ0) is 21.7. The summed E-state index contributed by atoms with van der Waals surface area (Å²) in [6, 6.07) is 12.1. The van der Waals surface area contributed by atoms with Crippen LogP contribution in [0.4, 0.5) is 21.9 Å². The highest BCUT2D eigenvalue weighted by Crippen LogP contribution is 2.16. The molecule has 1 heterocycles. The molecule has 1 aliphatic heterocycles. The predicted octanol–water partition coefficient (Wildman–Crippen LogP) is 2.21. The van der Waals surface area contributed by atoms with E-state index in [4.69, 9.17) is 0 Å². The third kappa shape index (κ3) is 6.05. The first-order chi connectivity index (χ1) is 14.2. The smallest absolute Gasteiger partial charge is 0.319 e. The Morgan fingerprint density at radius 1 is 0.833 bits per heavy atom. The van der Waals surface area contributed by atoms with Crippen LogP contribution in [0.25, 0.3) is 0 Å². The highest BCUT2D eigenvalue weighted by atomic mass is 32.2. The van der Waals surface area contributed by atoms with Crippen molar-refractivity contribution in [1.29, 1.82) is 0 Å². The fourth-order valence-electron chi connectivity index (χ4n) is 3.01. The average Bonchev–Trinajstić information content (AvgIpc) is 3.01. The van der Waals surface area contributed by atoms with Crippen LogP contribution in [0, 0.1) is 0 Å². The van der Waals surface area contributed by atoms with Gasteiger partial charge in [-0.05, 0) is 55.0 Å². The molecule has 2 aromatic rings. The highest BCUT2D eigenvalue weighted by molar-refractivity contribution is 7.91. The van der Waals surface area contributed by atoms with Crippen molar-refractivity contribution in [2.75, 3.05) is 27.5 Å². The van der Waals surface area contributed by atoms with Gasteiger partial charge in [0.25, 0.3) is 5.91 Å². The van der Waals surface area contributed by atoms with Crippen molar-refractivity contribution in [2.45, 2.75) is 19.4 Å². The van der Waals surface area contributed by atoms with Gasteiger partial charge in [0.05, 0.1) is 11.5 Å². The van der Waals surface area contributed by atoms with E-state index in [1.807, 2.05) is 0 Å². The minimum Gasteiger partial charge on any atom is -0.334 e. The van der Waals surface area contributed by atoms with E-state index in [2.05, 4.69) is 21.3 Å². The lowest BCUT2D eigenvalue weighted by Gasteiger charge is -2.12. The van der Waals surface area contributed by atoms with Crippen molar-refractivity contribution in [1.82, 2.24) is 5.32 Å². The van der Waals surface area contributed by atoms with Crippen LogP contribution in [0.15, 0.2) is 48.5 Å². The molecule has 4 amide bonds. The van der Waals surface area contributed by atoms with Gasteiger partial charge in [0.1, 0.15) is 0 Å². The summed E-state index contributed by atoms with van der Waals surface area (Å²) in [6.45, 7) is 1.41. The Balaban J connectivity index is 1.52. The Morgan fingerprint density at radius 2 is 1.37 bits per heavy atom. The van der Waals surface area contributed by atoms with Crippen LogP contribution in [-0.4, -0.2) is 43.8 Å². The third-order valence-electron chi connectivity index (χ3n) is 4.44. The molecule has 3 rings (SSSR count). The van der Waals surface area contributed by atoms with E-state index in [9.17, 15) is 22.8 Å². The van der Waals surface area contributed by atoms with Gasteiger partial charge in [-0.2, -0.15) is 0 Å². The van der Waals surface area contributed by atoms with Gasteiger partial charge in [-0.3, -0.25) is 9.59 Å². The fourth-order valence-corrected chi connectivity index (χ4v) is 4.68. The molecule has 4 N–H and O–H groups in total. The number of anilines is 3. The molecule has 0 unspecified atom stereocenters. The van der Waals surface area contributed by atoms with Crippen LogP contribution in [0.2, 0.25) is 0 Å². The lowest BCUT2D eigenvalue weighted by Crippen LogP contribution is -2.38. The quantitative estimate of drug-likeness (QED) is 0.577. The molecule has 0 bridgehead atoms. The number of hydrogen-bond donors (Lipinski definition) is 4. The van der Waals surface area contributed by atoms with E-state index in [0.29, 0.717) is 29.0 Å². The van der Waals surface area contributed by atoms with Gasteiger partial charge in [0.15, 0.2) is 9.84 Å². The zero-order valence-corrected chi connectivity index (χ0v) is 17.1. The first kappa shape index (κ1) is 21.3. The Kier molecular flexibility index (Phi) is 6.36. The van der Waals surface area contributed by atoms with Crippen LogP contribution in [0.5, 0.6) is 0 Å². The Bertz CT molecular complexity index is 1050. The molecule has 158 valence electrons. The number of carbonyl (C=O) groups is 3. The number of carbonyl (C=O) groups excluding carboxylic acids is 3. The number of nitrogens with one attached hydrogen (secondary N) is 4. The summed E-state index contributed by atoms with van der Waals surface area (Å²) in [5.74, 6) is -0.472. The summed E-state index contributed by atoms with van der Waals surface area (Å²) < 4.78 is 22.9. The second kappa shape index (κ2) is 8.95. The molecule has 1 fully saturated rings. The summed E-state index contributed by atoms with van der Waals surface area (Å²) in [5.41, 5.74) is 2.07. The van der Waals surface area contributed by atoms with E-state index in [1.54, 1.807) is 48.5 Å². The molecule has 0 aromatic heterocycles. The van der Waals surface area contributed by atoms with E-state index in [-0.39, 0.29) is 23.3 Å². The van der Waals surface area contributed by atoms with Gasteiger partial charge in [0.2, 0.25) is 5.91 Å². The van der Waals surface area contributed by atoms with Crippen LogP contribution < -0.4 is 21.3 Å². The number of hydrogen-bond acceptors (Lipinski definition) is 5. The fraction of sp³-hybridized carbons (Fsp3) is 0.250. The first-order valence-electron chi connectivity index (χ1n) is 9.27. The van der Waals surface area contributed by atoms with Crippen LogP contribution in [0.3, 0.4) is 0 Å². The molecule has 30 heavy (non-hydrogen) atoms. The molecule has 0 radical (unpaired) electrons. The van der Waals surface area contributed by atoms with Crippen LogP contribution in [0.1, 0.15) is 23.7 Å². The normalized spacial score (nSPS) is 17.0. The maximum absolute atomic E-state index is 12.4. The Labute approximate surface area is 174 Å². The molecule has 1 atom stereocenters. The molecule has 9 nitrogen and oxygen atoms in total. The first-order valence-corrected chi connectivity index (χ1v) is 11.1. The van der Waals surface area contributed by atoms with E-state index in [1.165, 1.54) is 6.92 Å². The molecular weight excluding hydrogens is 408 g/mol. The van der Waals surface area contributed by atoms with Gasteiger partial charge >= 0.3 is 6.03 Å². The van der Waals surface area contributed by atoms with Gasteiger partial charge in [-0.25, -0.2) is 13.2 Å². The maximum atomic E-state index is 12.4. The SMILES string of the molecule is CC(=O)Nc1ccc(NC(=O)c2ccc(NC(=O)N[C@@H]3CCS(=O)(=O)C3)cc2)cc1. The third-order valence-corrected chi connectivity index (χ3v) is 6.20. The maximum Gasteiger partial charge on any atom is 0.319 e. The van der Waals surface area contributed by atoms with Gasteiger partial charge in [-0.15, -0.1) is 0 Å².